The third-order valence-electron chi connectivity index (χ3n) is 3.35. The highest BCUT2D eigenvalue weighted by molar-refractivity contribution is 5.97. The second kappa shape index (κ2) is 6.66. The van der Waals surface area contributed by atoms with Gasteiger partial charge in [-0.05, 0) is 6.42 Å². The van der Waals surface area contributed by atoms with Crippen LogP contribution in [0.2, 0.25) is 0 Å². The Balaban J connectivity index is 1.90. The van der Waals surface area contributed by atoms with Gasteiger partial charge in [0.1, 0.15) is 0 Å². The lowest BCUT2D eigenvalue weighted by molar-refractivity contribution is 0.0887. The average Bonchev–Trinajstić information content (AvgIpc) is 2.67. The minimum Gasteiger partial charge on any atom is -0.380 e. The zero-order valence-corrected chi connectivity index (χ0v) is 11.0. The number of hydrogen-bond acceptors (Lipinski definition) is 3. The van der Waals surface area contributed by atoms with Gasteiger partial charge in [0.15, 0.2) is 5.78 Å². The summed E-state index contributed by atoms with van der Waals surface area (Å²) >= 11 is 0. The second-order valence-electron chi connectivity index (χ2n) is 4.90. The number of hydrogen-bond donors (Lipinski definition) is 0. The van der Waals surface area contributed by atoms with Gasteiger partial charge in [0.05, 0.1) is 6.61 Å². The van der Waals surface area contributed by atoms with E-state index in [1.807, 2.05) is 37.3 Å². The molecule has 0 saturated carbocycles. The highest BCUT2D eigenvalue weighted by Crippen LogP contribution is 2.11. The maximum Gasteiger partial charge on any atom is 0.166 e. The van der Waals surface area contributed by atoms with E-state index in [1.54, 1.807) is 0 Å². The molecule has 0 amide bonds. The summed E-state index contributed by atoms with van der Waals surface area (Å²) in [4.78, 5) is 14.6. The van der Waals surface area contributed by atoms with Gasteiger partial charge >= 0.3 is 0 Å². The van der Waals surface area contributed by atoms with Gasteiger partial charge in [-0.3, -0.25) is 4.79 Å². The molecule has 1 fully saturated rings. The normalized spacial score (nSPS) is 19.2. The monoisotopic (exact) mass is 247 g/mol. The average molecular weight is 247 g/mol. The molecule has 1 heterocycles. The van der Waals surface area contributed by atoms with Crippen LogP contribution in [0.15, 0.2) is 30.3 Å². The molecule has 1 aliphatic heterocycles. The number of Topliss-reactive ketones (excluding diaryl/α,β-unsaturated/α-hetero) is 1. The molecule has 0 aliphatic carbocycles. The van der Waals surface area contributed by atoms with Crippen molar-refractivity contribution >= 4 is 5.78 Å². The highest BCUT2D eigenvalue weighted by atomic mass is 16.5. The summed E-state index contributed by atoms with van der Waals surface area (Å²) < 4.78 is 5.42. The van der Waals surface area contributed by atoms with Crippen molar-refractivity contribution in [3.63, 3.8) is 0 Å². The molecule has 1 unspecified atom stereocenters. The molecule has 0 N–H and O–H groups in total. The molecule has 1 saturated heterocycles. The van der Waals surface area contributed by atoms with Crippen LogP contribution in [0, 0.1) is 5.92 Å². The first-order valence-corrected chi connectivity index (χ1v) is 6.67. The molecule has 0 radical (unpaired) electrons. The molecule has 3 heteroatoms. The van der Waals surface area contributed by atoms with Crippen LogP contribution in [-0.2, 0) is 4.74 Å². The van der Waals surface area contributed by atoms with E-state index >= 15 is 0 Å². The number of carbonyl (C=O) groups is 1. The Hall–Kier alpha value is -1.19. The minimum absolute atomic E-state index is 0.0468. The Labute approximate surface area is 109 Å². The summed E-state index contributed by atoms with van der Waals surface area (Å²) in [7, 11) is 0. The van der Waals surface area contributed by atoms with Gasteiger partial charge in [-0.2, -0.15) is 0 Å². The van der Waals surface area contributed by atoms with E-state index in [9.17, 15) is 4.79 Å². The summed E-state index contributed by atoms with van der Waals surface area (Å²) in [6.07, 6.45) is 1.06. The summed E-state index contributed by atoms with van der Waals surface area (Å²) in [5.41, 5.74) is 0.816. The summed E-state index contributed by atoms with van der Waals surface area (Å²) in [6, 6.07) is 9.56. The molecule has 0 bridgehead atoms. The Bertz CT molecular complexity index is 369. The van der Waals surface area contributed by atoms with Crippen molar-refractivity contribution in [2.75, 3.05) is 32.8 Å². The van der Waals surface area contributed by atoms with Crippen molar-refractivity contribution < 1.29 is 9.53 Å². The third kappa shape index (κ3) is 3.65. The fraction of sp³-hybridized carbons (Fsp3) is 0.533. The molecule has 1 aromatic rings. The topological polar surface area (TPSA) is 29.5 Å². The lowest BCUT2D eigenvalue weighted by Gasteiger charge is -2.22. The number of benzene rings is 1. The van der Waals surface area contributed by atoms with Crippen LogP contribution in [0.1, 0.15) is 23.7 Å². The Morgan fingerprint density at radius 1 is 1.28 bits per heavy atom. The van der Waals surface area contributed by atoms with Crippen LogP contribution in [0.4, 0.5) is 0 Å². The molecule has 1 aromatic carbocycles. The Morgan fingerprint density at radius 3 is 2.83 bits per heavy atom. The summed E-state index contributed by atoms with van der Waals surface area (Å²) in [5, 5.41) is 0. The van der Waals surface area contributed by atoms with Crippen molar-refractivity contribution in [3.8, 4) is 0 Å². The molecule has 18 heavy (non-hydrogen) atoms. The van der Waals surface area contributed by atoms with Crippen molar-refractivity contribution in [1.82, 2.24) is 4.90 Å². The smallest absolute Gasteiger partial charge is 0.166 e. The van der Waals surface area contributed by atoms with Crippen LogP contribution < -0.4 is 0 Å². The molecule has 98 valence electrons. The first-order chi connectivity index (χ1) is 8.77. The second-order valence-corrected chi connectivity index (χ2v) is 4.90. The maximum atomic E-state index is 12.2. The number of nitrogens with zero attached hydrogens (tertiary/aromatic N) is 1. The van der Waals surface area contributed by atoms with Gasteiger partial charge < -0.3 is 9.64 Å². The number of carbonyl (C=O) groups excluding carboxylic acids is 1. The Morgan fingerprint density at radius 2 is 2.06 bits per heavy atom. The molecule has 0 spiro atoms. The van der Waals surface area contributed by atoms with E-state index in [1.165, 1.54) is 0 Å². The van der Waals surface area contributed by atoms with Crippen LogP contribution in [0.25, 0.3) is 0 Å². The van der Waals surface area contributed by atoms with Gasteiger partial charge in [-0.15, -0.1) is 0 Å². The number of rotatable bonds is 4. The first kappa shape index (κ1) is 13.2. The number of ketones is 1. The molecule has 0 aromatic heterocycles. The quantitative estimate of drug-likeness (QED) is 0.764. The predicted octanol–water partition coefficient (Wildman–Crippen LogP) is 2.23. The van der Waals surface area contributed by atoms with Crippen molar-refractivity contribution in [2.45, 2.75) is 13.3 Å². The largest absolute Gasteiger partial charge is 0.380 e. The molecule has 2 rings (SSSR count). The van der Waals surface area contributed by atoms with Gasteiger partial charge in [-0.25, -0.2) is 0 Å². The van der Waals surface area contributed by atoms with E-state index < -0.39 is 0 Å². The highest BCUT2D eigenvalue weighted by Gasteiger charge is 2.19. The van der Waals surface area contributed by atoms with Crippen LogP contribution in [0.5, 0.6) is 0 Å². The fourth-order valence-electron chi connectivity index (χ4n) is 2.34. The van der Waals surface area contributed by atoms with Crippen molar-refractivity contribution in [3.05, 3.63) is 35.9 Å². The zero-order valence-electron chi connectivity index (χ0n) is 11.0. The van der Waals surface area contributed by atoms with E-state index in [0.717, 1.165) is 44.8 Å². The SMILES string of the molecule is CC(CN1CCCOCC1)C(=O)c1ccccc1. The summed E-state index contributed by atoms with van der Waals surface area (Å²) in [6.45, 7) is 6.45. The predicted molar refractivity (Wildman–Crippen MR) is 71.8 cm³/mol. The van der Waals surface area contributed by atoms with E-state index in [0.29, 0.717) is 0 Å². The zero-order chi connectivity index (χ0) is 12.8. The molecular formula is C15H21NO2. The van der Waals surface area contributed by atoms with E-state index in [-0.39, 0.29) is 11.7 Å². The van der Waals surface area contributed by atoms with Gasteiger partial charge in [0.25, 0.3) is 0 Å². The van der Waals surface area contributed by atoms with E-state index in [4.69, 9.17) is 4.74 Å². The molecule has 1 atom stereocenters. The Kier molecular flexibility index (Phi) is 4.90. The third-order valence-corrected chi connectivity index (χ3v) is 3.35. The van der Waals surface area contributed by atoms with Crippen LogP contribution in [-0.4, -0.2) is 43.5 Å². The standard InChI is InChI=1S/C15H21NO2/c1-13(12-16-8-5-10-18-11-9-16)15(17)14-6-3-2-4-7-14/h2-4,6-7,13H,5,8-12H2,1H3. The van der Waals surface area contributed by atoms with E-state index in [2.05, 4.69) is 4.90 Å². The minimum atomic E-state index is 0.0468. The fourth-order valence-corrected chi connectivity index (χ4v) is 2.34. The molecule has 1 aliphatic rings. The van der Waals surface area contributed by atoms with Crippen molar-refractivity contribution in [1.29, 1.82) is 0 Å². The van der Waals surface area contributed by atoms with Crippen LogP contribution >= 0.6 is 0 Å². The lowest BCUT2D eigenvalue weighted by atomic mass is 9.99. The molecular weight excluding hydrogens is 226 g/mol. The van der Waals surface area contributed by atoms with Gasteiger partial charge in [-0.1, -0.05) is 37.3 Å². The number of ether oxygens (including phenoxy) is 1. The summed E-state index contributed by atoms with van der Waals surface area (Å²) in [5.74, 6) is 0.284. The van der Waals surface area contributed by atoms with Crippen molar-refractivity contribution in [2.24, 2.45) is 5.92 Å². The first-order valence-electron chi connectivity index (χ1n) is 6.67. The van der Waals surface area contributed by atoms with Crippen LogP contribution in [0.3, 0.4) is 0 Å². The van der Waals surface area contributed by atoms with Gasteiger partial charge in [0, 0.05) is 37.7 Å². The maximum absolute atomic E-state index is 12.2. The molecule has 3 nitrogen and oxygen atoms in total. The lowest BCUT2D eigenvalue weighted by Crippen LogP contribution is -2.33. The van der Waals surface area contributed by atoms with Gasteiger partial charge in [0.2, 0.25) is 0 Å².